The van der Waals surface area contributed by atoms with Crippen LogP contribution in [-0.4, -0.2) is 11.8 Å². The Morgan fingerprint density at radius 2 is 1.47 bits per heavy atom. The van der Waals surface area contributed by atoms with Crippen LogP contribution in [0.15, 0.2) is 89.4 Å². The molecule has 0 aliphatic heterocycles. The molecule has 4 nitrogen and oxygen atoms in total. The zero-order valence-electron chi connectivity index (χ0n) is 16.3. The first kappa shape index (κ1) is 19.9. The van der Waals surface area contributed by atoms with Crippen LogP contribution >= 0.6 is 15.9 Å². The van der Waals surface area contributed by atoms with Crippen molar-refractivity contribution in [2.75, 3.05) is 10.6 Å². The fraction of sp³-hybridized carbons (Fsp3) is 0.0400. The van der Waals surface area contributed by atoms with Crippen LogP contribution in [-0.2, 0) is 0 Å². The Kier molecular flexibility index (Phi) is 5.63. The molecule has 4 aromatic carbocycles. The van der Waals surface area contributed by atoms with Gasteiger partial charge in [-0.25, -0.2) is 0 Å². The van der Waals surface area contributed by atoms with Crippen LogP contribution in [0.4, 0.5) is 11.4 Å². The predicted octanol–water partition coefficient (Wildman–Crippen LogP) is 6.42. The predicted molar refractivity (Wildman–Crippen MR) is 125 cm³/mol. The molecule has 4 aromatic rings. The highest BCUT2D eigenvalue weighted by Gasteiger charge is 2.13. The van der Waals surface area contributed by atoms with Crippen LogP contribution in [0.3, 0.4) is 0 Å². The Morgan fingerprint density at radius 3 is 2.23 bits per heavy atom. The summed E-state index contributed by atoms with van der Waals surface area (Å²) < 4.78 is 0.948. The Bertz CT molecular complexity index is 1250. The fourth-order valence-electron chi connectivity index (χ4n) is 3.33. The van der Waals surface area contributed by atoms with Crippen molar-refractivity contribution < 1.29 is 9.59 Å². The van der Waals surface area contributed by atoms with Crippen LogP contribution in [0.5, 0.6) is 0 Å². The molecule has 0 aliphatic rings. The van der Waals surface area contributed by atoms with Gasteiger partial charge in [0.15, 0.2) is 0 Å². The Labute approximate surface area is 183 Å². The molecule has 0 radical (unpaired) electrons. The van der Waals surface area contributed by atoms with Gasteiger partial charge >= 0.3 is 0 Å². The molecule has 0 saturated carbocycles. The first-order chi connectivity index (χ1) is 14.5. The van der Waals surface area contributed by atoms with E-state index in [1.807, 2.05) is 67.6 Å². The third kappa shape index (κ3) is 4.11. The van der Waals surface area contributed by atoms with Gasteiger partial charge in [0.05, 0.1) is 0 Å². The van der Waals surface area contributed by atoms with E-state index in [0.717, 1.165) is 20.8 Å². The van der Waals surface area contributed by atoms with Gasteiger partial charge in [0.2, 0.25) is 0 Å². The second kappa shape index (κ2) is 8.51. The lowest BCUT2D eigenvalue weighted by Gasteiger charge is -2.12. The zero-order valence-corrected chi connectivity index (χ0v) is 17.9. The van der Waals surface area contributed by atoms with Crippen molar-refractivity contribution in [2.24, 2.45) is 0 Å². The number of amides is 2. The van der Waals surface area contributed by atoms with Crippen LogP contribution in [0.1, 0.15) is 26.3 Å². The first-order valence-electron chi connectivity index (χ1n) is 9.48. The number of aryl methyl sites for hydroxylation is 1. The number of hydrogen-bond acceptors (Lipinski definition) is 2. The van der Waals surface area contributed by atoms with Gasteiger partial charge in [-0.2, -0.15) is 0 Å². The van der Waals surface area contributed by atoms with Crippen LogP contribution in [0.2, 0.25) is 0 Å². The SMILES string of the molecule is Cc1cc(NC(=O)c2cccc3c(Br)cccc23)ccc1NC(=O)c1ccccc1. The maximum absolute atomic E-state index is 12.9. The van der Waals surface area contributed by atoms with Gasteiger partial charge in [0.25, 0.3) is 11.8 Å². The Balaban J connectivity index is 1.54. The molecule has 2 amide bonds. The highest BCUT2D eigenvalue weighted by atomic mass is 79.9. The van der Waals surface area contributed by atoms with Gasteiger partial charge in [-0.3, -0.25) is 9.59 Å². The maximum Gasteiger partial charge on any atom is 0.256 e. The summed E-state index contributed by atoms with van der Waals surface area (Å²) in [6, 6.07) is 25.9. The van der Waals surface area contributed by atoms with E-state index in [1.54, 1.807) is 24.3 Å². The average Bonchev–Trinajstić information content (AvgIpc) is 2.76. The third-order valence-electron chi connectivity index (χ3n) is 4.88. The molecule has 0 unspecified atom stereocenters. The highest BCUT2D eigenvalue weighted by molar-refractivity contribution is 9.10. The quantitative estimate of drug-likeness (QED) is 0.370. The molecular formula is C25H19BrN2O2. The summed E-state index contributed by atoms with van der Waals surface area (Å²) in [5, 5.41) is 7.74. The van der Waals surface area contributed by atoms with Crippen LogP contribution < -0.4 is 10.6 Å². The lowest BCUT2D eigenvalue weighted by atomic mass is 10.0. The largest absolute Gasteiger partial charge is 0.322 e. The van der Waals surface area contributed by atoms with E-state index in [1.165, 1.54) is 0 Å². The Morgan fingerprint density at radius 1 is 0.733 bits per heavy atom. The minimum Gasteiger partial charge on any atom is -0.322 e. The molecule has 30 heavy (non-hydrogen) atoms. The topological polar surface area (TPSA) is 58.2 Å². The van der Waals surface area contributed by atoms with Crippen molar-refractivity contribution in [1.29, 1.82) is 0 Å². The molecule has 0 bridgehead atoms. The normalized spacial score (nSPS) is 10.6. The minimum absolute atomic E-state index is 0.170. The highest BCUT2D eigenvalue weighted by Crippen LogP contribution is 2.27. The van der Waals surface area contributed by atoms with Gasteiger partial charge in [-0.15, -0.1) is 0 Å². The number of nitrogens with one attached hydrogen (secondary N) is 2. The third-order valence-corrected chi connectivity index (χ3v) is 5.57. The molecule has 148 valence electrons. The molecule has 0 heterocycles. The summed E-state index contributed by atoms with van der Waals surface area (Å²) in [5.74, 6) is -0.351. The number of carbonyl (C=O) groups excluding carboxylic acids is 2. The lowest BCUT2D eigenvalue weighted by molar-refractivity contribution is 0.101. The minimum atomic E-state index is -0.181. The number of anilines is 2. The second-order valence-corrected chi connectivity index (χ2v) is 7.80. The first-order valence-corrected chi connectivity index (χ1v) is 10.3. The smallest absolute Gasteiger partial charge is 0.256 e. The van der Waals surface area contributed by atoms with Gasteiger partial charge < -0.3 is 10.6 Å². The van der Waals surface area contributed by atoms with Crippen molar-refractivity contribution in [3.8, 4) is 0 Å². The molecule has 5 heteroatoms. The molecule has 0 aliphatic carbocycles. The summed E-state index contributed by atoms with van der Waals surface area (Å²) in [5.41, 5.74) is 3.43. The van der Waals surface area contributed by atoms with Gasteiger partial charge in [0, 0.05) is 27.0 Å². The summed E-state index contributed by atoms with van der Waals surface area (Å²) in [4.78, 5) is 25.3. The summed E-state index contributed by atoms with van der Waals surface area (Å²) in [6.45, 7) is 1.89. The summed E-state index contributed by atoms with van der Waals surface area (Å²) >= 11 is 3.53. The molecule has 0 spiro atoms. The van der Waals surface area contributed by atoms with E-state index in [4.69, 9.17) is 0 Å². The van der Waals surface area contributed by atoms with E-state index >= 15 is 0 Å². The molecular weight excluding hydrogens is 440 g/mol. The Hall–Kier alpha value is -3.44. The number of carbonyl (C=O) groups is 2. The summed E-state index contributed by atoms with van der Waals surface area (Å²) in [6.07, 6.45) is 0. The zero-order chi connectivity index (χ0) is 21.1. The number of halogens is 1. The van der Waals surface area contributed by atoms with Crippen molar-refractivity contribution in [3.63, 3.8) is 0 Å². The number of hydrogen-bond donors (Lipinski definition) is 2. The van der Waals surface area contributed by atoms with Gasteiger partial charge in [0.1, 0.15) is 0 Å². The molecule has 2 N–H and O–H groups in total. The van der Waals surface area contributed by atoms with E-state index in [0.29, 0.717) is 22.5 Å². The molecule has 0 aromatic heterocycles. The number of benzene rings is 4. The second-order valence-electron chi connectivity index (χ2n) is 6.94. The van der Waals surface area contributed by atoms with Crippen molar-refractivity contribution in [3.05, 3.63) is 106 Å². The monoisotopic (exact) mass is 458 g/mol. The van der Waals surface area contributed by atoms with Crippen LogP contribution in [0.25, 0.3) is 10.8 Å². The van der Waals surface area contributed by atoms with Gasteiger partial charge in [-0.05, 0) is 65.7 Å². The van der Waals surface area contributed by atoms with Crippen molar-refractivity contribution in [1.82, 2.24) is 0 Å². The van der Waals surface area contributed by atoms with E-state index < -0.39 is 0 Å². The number of rotatable bonds is 4. The summed E-state index contributed by atoms with van der Waals surface area (Å²) in [7, 11) is 0. The fourth-order valence-corrected chi connectivity index (χ4v) is 3.83. The van der Waals surface area contributed by atoms with E-state index in [9.17, 15) is 9.59 Å². The van der Waals surface area contributed by atoms with Gasteiger partial charge in [-0.1, -0.05) is 58.4 Å². The average molecular weight is 459 g/mol. The maximum atomic E-state index is 12.9. The van der Waals surface area contributed by atoms with Crippen molar-refractivity contribution in [2.45, 2.75) is 6.92 Å². The van der Waals surface area contributed by atoms with Crippen molar-refractivity contribution >= 4 is 49.9 Å². The van der Waals surface area contributed by atoms with Crippen LogP contribution in [0, 0.1) is 6.92 Å². The van der Waals surface area contributed by atoms with E-state index in [-0.39, 0.29) is 11.8 Å². The number of fused-ring (bicyclic) bond motifs is 1. The molecule has 4 rings (SSSR count). The lowest BCUT2D eigenvalue weighted by Crippen LogP contribution is -2.14. The molecule has 0 fully saturated rings. The molecule has 0 saturated heterocycles. The molecule has 0 atom stereocenters. The standard InChI is InChI=1S/C25H19BrN2O2/c1-16-15-18(13-14-23(16)28-24(29)17-7-3-2-4-8-17)27-25(30)21-11-5-10-20-19(21)9-6-12-22(20)26/h2-15H,1H3,(H,27,30)(H,28,29). The van der Waals surface area contributed by atoms with E-state index in [2.05, 4.69) is 26.6 Å².